The molecule has 27 heavy (non-hydrogen) atoms. The van der Waals surface area contributed by atoms with Crippen molar-refractivity contribution in [1.82, 2.24) is 15.5 Å². The highest BCUT2D eigenvalue weighted by Gasteiger charge is 2.16. The van der Waals surface area contributed by atoms with Crippen molar-refractivity contribution in [3.63, 3.8) is 0 Å². The summed E-state index contributed by atoms with van der Waals surface area (Å²) >= 11 is 0. The van der Waals surface area contributed by atoms with E-state index < -0.39 is 5.91 Å². The second-order valence-corrected chi connectivity index (χ2v) is 5.79. The first kappa shape index (κ1) is 20.2. The van der Waals surface area contributed by atoms with Gasteiger partial charge in [0.25, 0.3) is 5.91 Å². The smallest absolute Gasteiger partial charge is 0.286 e. The van der Waals surface area contributed by atoms with Gasteiger partial charge in [-0.2, -0.15) is 0 Å². The highest BCUT2D eigenvalue weighted by Crippen LogP contribution is 2.03. The zero-order valence-corrected chi connectivity index (χ0v) is 15.0. The maximum Gasteiger partial charge on any atom is 0.286 e. The molecular formula is C19H22FN3O4. The summed E-state index contributed by atoms with van der Waals surface area (Å²) in [6, 6.07) is 8.94. The van der Waals surface area contributed by atoms with E-state index in [2.05, 4.69) is 10.6 Å². The summed E-state index contributed by atoms with van der Waals surface area (Å²) in [5.74, 6) is -1.11. The Kier molecular flexibility index (Phi) is 7.54. The van der Waals surface area contributed by atoms with Crippen LogP contribution in [0.2, 0.25) is 0 Å². The Morgan fingerprint density at radius 1 is 1.11 bits per heavy atom. The predicted molar refractivity (Wildman–Crippen MR) is 96.2 cm³/mol. The van der Waals surface area contributed by atoms with Gasteiger partial charge in [0.05, 0.1) is 12.8 Å². The van der Waals surface area contributed by atoms with Crippen LogP contribution in [0.25, 0.3) is 0 Å². The minimum atomic E-state index is -0.395. The highest BCUT2D eigenvalue weighted by atomic mass is 19.1. The van der Waals surface area contributed by atoms with Crippen molar-refractivity contribution in [2.24, 2.45) is 0 Å². The molecule has 2 N–H and O–H groups in total. The lowest BCUT2D eigenvalue weighted by Crippen LogP contribution is -2.41. The molecule has 0 unspecified atom stereocenters. The lowest BCUT2D eigenvalue weighted by atomic mass is 10.2. The molecule has 144 valence electrons. The van der Waals surface area contributed by atoms with Crippen LogP contribution in [0.3, 0.4) is 0 Å². The number of halogens is 1. The third-order valence-electron chi connectivity index (χ3n) is 3.84. The molecule has 7 nitrogen and oxygen atoms in total. The van der Waals surface area contributed by atoms with Crippen molar-refractivity contribution in [1.29, 1.82) is 0 Å². The molecule has 8 heteroatoms. The molecule has 0 fully saturated rings. The molecule has 0 aliphatic heterocycles. The zero-order valence-electron chi connectivity index (χ0n) is 15.0. The van der Waals surface area contributed by atoms with Gasteiger partial charge in [-0.05, 0) is 36.8 Å². The van der Waals surface area contributed by atoms with Crippen LogP contribution < -0.4 is 10.6 Å². The van der Waals surface area contributed by atoms with E-state index in [1.807, 2.05) is 0 Å². The molecule has 0 aliphatic carbocycles. The van der Waals surface area contributed by atoms with Gasteiger partial charge in [0.2, 0.25) is 11.8 Å². The number of nitrogens with one attached hydrogen (secondary N) is 2. The Morgan fingerprint density at radius 2 is 1.85 bits per heavy atom. The third-order valence-corrected chi connectivity index (χ3v) is 3.84. The number of likely N-dealkylation sites (N-methyl/N-ethyl adjacent to an activating group) is 1. The van der Waals surface area contributed by atoms with Gasteiger partial charge in [0.15, 0.2) is 5.76 Å². The van der Waals surface area contributed by atoms with Crippen molar-refractivity contribution in [2.45, 2.75) is 19.9 Å². The number of carbonyl (C=O) groups is 3. The van der Waals surface area contributed by atoms with Crippen LogP contribution in [0.1, 0.15) is 29.5 Å². The van der Waals surface area contributed by atoms with Crippen molar-refractivity contribution >= 4 is 17.7 Å². The Morgan fingerprint density at radius 3 is 2.48 bits per heavy atom. The standard InChI is InChI=1S/C19H22FN3O4/c1-2-23(13-17(24)22-12-14-5-7-15(20)8-6-14)18(25)9-10-21-19(26)16-4-3-11-27-16/h3-8,11H,2,9-10,12-13H2,1H3,(H,21,26)(H,22,24). The fraction of sp³-hybridized carbons (Fsp3) is 0.316. The summed E-state index contributed by atoms with van der Waals surface area (Å²) in [4.78, 5) is 37.4. The minimum Gasteiger partial charge on any atom is -0.459 e. The number of rotatable bonds is 9. The Bertz CT molecular complexity index is 760. The van der Waals surface area contributed by atoms with E-state index in [9.17, 15) is 18.8 Å². The Balaban J connectivity index is 1.72. The predicted octanol–water partition coefficient (Wildman–Crippen LogP) is 1.70. The van der Waals surface area contributed by atoms with Gasteiger partial charge in [-0.3, -0.25) is 14.4 Å². The summed E-state index contributed by atoms with van der Waals surface area (Å²) in [6.07, 6.45) is 1.47. The van der Waals surface area contributed by atoms with Gasteiger partial charge in [-0.15, -0.1) is 0 Å². The summed E-state index contributed by atoms with van der Waals surface area (Å²) < 4.78 is 17.8. The van der Waals surface area contributed by atoms with Crippen LogP contribution in [0.4, 0.5) is 4.39 Å². The van der Waals surface area contributed by atoms with E-state index in [4.69, 9.17) is 4.42 Å². The van der Waals surface area contributed by atoms with Gasteiger partial charge in [0, 0.05) is 26.1 Å². The maximum absolute atomic E-state index is 12.9. The largest absolute Gasteiger partial charge is 0.459 e. The second kappa shape index (κ2) is 10.1. The SMILES string of the molecule is CCN(CC(=O)NCc1ccc(F)cc1)C(=O)CCNC(=O)c1ccco1. The number of hydrogen-bond donors (Lipinski definition) is 2. The molecule has 0 atom stereocenters. The number of nitrogens with zero attached hydrogens (tertiary/aromatic N) is 1. The Labute approximate surface area is 156 Å². The molecule has 0 saturated carbocycles. The molecule has 0 spiro atoms. The monoisotopic (exact) mass is 375 g/mol. The van der Waals surface area contributed by atoms with Gasteiger partial charge in [0.1, 0.15) is 5.82 Å². The zero-order chi connectivity index (χ0) is 19.6. The fourth-order valence-corrected chi connectivity index (χ4v) is 2.34. The lowest BCUT2D eigenvalue weighted by molar-refractivity contribution is -0.135. The molecule has 1 aromatic heterocycles. The molecule has 0 bridgehead atoms. The highest BCUT2D eigenvalue weighted by molar-refractivity contribution is 5.91. The van der Waals surface area contributed by atoms with E-state index >= 15 is 0 Å². The lowest BCUT2D eigenvalue weighted by Gasteiger charge is -2.20. The van der Waals surface area contributed by atoms with Crippen molar-refractivity contribution in [3.8, 4) is 0 Å². The van der Waals surface area contributed by atoms with Crippen molar-refractivity contribution in [2.75, 3.05) is 19.6 Å². The average molecular weight is 375 g/mol. The summed E-state index contributed by atoms with van der Waals surface area (Å²) in [5, 5.41) is 5.28. The summed E-state index contributed by atoms with van der Waals surface area (Å²) in [7, 11) is 0. The summed E-state index contributed by atoms with van der Waals surface area (Å²) in [5.41, 5.74) is 0.764. The van der Waals surface area contributed by atoms with Crippen LogP contribution in [0, 0.1) is 5.82 Å². The fourth-order valence-electron chi connectivity index (χ4n) is 2.34. The number of hydrogen-bond acceptors (Lipinski definition) is 4. The van der Waals surface area contributed by atoms with E-state index in [0.29, 0.717) is 6.54 Å². The molecule has 1 aromatic carbocycles. The van der Waals surface area contributed by atoms with Crippen LogP contribution in [-0.4, -0.2) is 42.3 Å². The maximum atomic E-state index is 12.9. The van der Waals surface area contributed by atoms with Gasteiger partial charge in [-0.1, -0.05) is 12.1 Å². The normalized spacial score (nSPS) is 10.3. The molecule has 2 rings (SSSR count). The second-order valence-electron chi connectivity index (χ2n) is 5.79. The van der Waals surface area contributed by atoms with E-state index in [0.717, 1.165) is 5.56 Å². The van der Waals surface area contributed by atoms with Gasteiger partial charge < -0.3 is 20.0 Å². The first-order valence-corrected chi connectivity index (χ1v) is 8.60. The Hall–Kier alpha value is -3.16. The van der Waals surface area contributed by atoms with Crippen molar-refractivity contribution < 1.29 is 23.2 Å². The quantitative estimate of drug-likeness (QED) is 0.698. The molecule has 2 aromatic rings. The van der Waals surface area contributed by atoms with E-state index in [1.54, 1.807) is 25.1 Å². The summed E-state index contributed by atoms with van der Waals surface area (Å²) in [6.45, 7) is 2.46. The first-order chi connectivity index (χ1) is 13.0. The molecule has 3 amide bonds. The van der Waals surface area contributed by atoms with Gasteiger partial charge >= 0.3 is 0 Å². The average Bonchev–Trinajstić information content (AvgIpc) is 3.20. The van der Waals surface area contributed by atoms with Crippen LogP contribution in [-0.2, 0) is 16.1 Å². The number of carbonyl (C=O) groups excluding carboxylic acids is 3. The van der Waals surface area contributed by atoms with Crippen LogP contribution >= 0.6 is 0 Å². The van der Waals surface area contributed by atoms with Crippen molar-refractivity contribution in [3.05, 3.63) is 59.8 Å². The number of benzene rings is 1. The van der Waals surface area contributed by atoms with Crippen LogP contribution in [0.15, 0.2) is 47.1 Å². The first-order valence-electron chi connectivity index (χ1n) is 8.60. The molecule has 0 aliphatic rings. The molecule has 0 radical (unpaired) electrons. The van der Waals surface area contributed by atoms with Gasteiger partial charge in [-0.25, -0.2) is 4.39 Å². The third kappa shape index (κ3) is 6.58. The topological polar surface area (TPSA) is 91.7 Å². The van der Waals surface area contributed by atoms with E-state index in [1.165, 1.54) is 29.4 Å². The van der Waals surface area contributed by atoms with Crippen LogP contribution in [0.5, 0.6) is 0 Å². The minimum absolute atomic E-state index is 0.0749. The number of amides is 3. The molecule has 0 saturated heterocycles. The molecule has 1 heterocycles. The number of furan rings is 1. The van der Waals surface area contributed by atoms with E-state index in [-0.39, 0.29) is 49.4 Å². The molecular weight excluding hydrogens is 353 g/mol.